The Hall–Kier alpha value is -1.55. The summed E-state index contributed by atoms with van der Waals surface area (Å²) in [7, 11) is -1.64. The van der Waals surface area contributed by atoms with Gasteiger partial charge in [0.25, 0.3) is 5.91 Å². The highest BCUT2D eigenvalue weighted by Gasteiger charge is 2.26. The fraction of sp³-hybridized carbons (Fsp3) is 0.500. The van der Waals surface area contributed by atoms with Crippen molar-refractivity contribution in [2.75, 3.05) is 33.0 Å². The minimum absolute atomic E-state index is 0.163. The van der Waals surface area contributed by atoms with Gasteiger partial charge in [-0.2, -0.15) is 0 Å². The Morgan fingerprint density at radius 1 is 1.37 bits per heavy atom. The highest BCUT2D eigenvalue weighted by atomic mass is 32.2. The van der Waals surface area contributed by atoms with E-state index in [1.165, 1.54) is 35.1 Å². The summed E-state index contributed by atoms with van der Waals surface area (Å²) in [5.74, 6) is -0.375. The molecule has 6 nitrogen and oxygen atoms in total. The second kappa shape index (κ2) is 8.22. The van der Waals surface area contributed by atoms with Gasteiger partial charge in [0.1, 0.15) is 5.82 Å². The third-order valence-electron chi connectivity index (χ3n) is 4.85. The molecule has 148 valence electrons. The van der Waals surface area contributed by atoms with Crippen molar-refractivity contribution < 1.29 is 22.3 Å². The van der Waals surface area contributed by atoms with E-state index >= 15 is 0 Å². The molecule has 0 atom stereocenters. The minimum atomic E-state index is -3.16. The van der Waals surface area contributed by atoms with Crippen molar-refractivity contribution >= 4 is 37.4 Å². The average molecular weight is 415 g/mol. The number of nitrogens with zero attached hydrogens (tertiary/aromatic N) is 1. The van der Waals surface area contributed by atoms with Crippen LogP contribution >= 0.6 is 11.3 Å². The van der Waals surface area contributed by atoms with Crippen molar-refractivity contribution in [1.29, 1.82) is 0 Å². The molecule has 0 aliphatic carbocycles. The molecule has 1 aromatic carbocycles. The lowest BCUT2D eigenvalue weighted by Crippen LogP contribution is -2.41. The zero-order valence-corrected chi connectivity index (χ0v) is 17.0. The van der Waals surface area contributed by atoms with Crippen LogP contribution in [0.15, 0.2) is 18.2 Å². The number of hydrogen-bond acceptors (Lipinski definition) is 5. The summed E-state index contributed by atoms with van der Waals surface area (Å²) in [5.41, 5.74) is 0.569. The van der Waals surface area contributed by atoms with Crippen LogP contribution < -0.4 is 5.32 Å². The zero-order valence-electron chi connectivity index (χ0n) is 15.3. The van der Waals surface area contributed by atoms with Gasteiger partial charge in [0, 0.05) is 42.4 Å². The fourth-order valence-corrected chi connectivity index (χ4v) is 5.41. The molecule has 0 saturated carbocycles. The molecule has 1 amide bonds. The Balaban J connectivity index is 1.68. The highest BCUT2D eigenvalue weighted by Crippen LogP contribution is 2.33. The third kappa shape index (κ3) is 4.48. The molecular formula is C18H23FN2O4S2. The van der Waals surface area contributed by atoms with E-state index in [0.29, 0.717) is 53.0 Å². The molecular weight excluding hydrogens is 391 g/mol. The molecule has 0 unspecified atom stereocenters. The number of thiophene rings is 1. The molecule has 2 aromatic rings. The molecule has 1 fully saturated rings. The summed E-state index contributed by atoms with van der Waals surface area (Å²) in [6.07, 6.45) is 2.63. The SMILES string of the molecule is COCc1c(C(=O)NCC2CCN(S(C)(=O)=O)CC2)sc2cccc(F)c12. The predicted octanol–water partition coefficient (Wildman–Crippen LogP) is 2.59. The van der Waals surface area contributed by atoms with Crippen LogP contribution in [0.4, 0.5) is 4.39 Å². The van der Waals surface area contributed by atoms with Gasteiger partial charge in [-0.25, -0.2) is 17.1 Å². The maximum absolute atomic E-state index is 14.2. The number of fused-ring (bicyclic) bond motifs is 1. The van der Waals surface area contributed by atoms with Gasteiger partial charge in [0.2, 0.25) is 10.0 Å². The van der Waals surface area contributed by atoms with Crippen LogP contribution in [0.25, 0.3) is 10.1 Å². The second-order valence-corrected chi connectivity index (χ2v) is 9.81. The number of ether oxygens (including phenoxy) is 1. The van der Waals surface area contributed by atoms with E-state index < -0.39 is 10.0 Å². The summed E-state index contributed by atoms with van der Waals surface area (Å²) in [4.78, 5) is 13.2. The van der Waals surface area contributed by atoms with Crippen LogP contribution in [-0.4, -0.2) is 51.6 Å². The van der Waals surface area contributed by atoms with Gasteiger partial charge in [-0.15, -0.1) is 11.3 Å². The summed E-state index contributed by atoms with van der Waals surface area (Å²) in [6.45, 7) is 1.58. The molecule has 1 aliphatic heterocycles. The van der Waals surface area contributed by atoms with E-state index in [2.05, 4.69) is 5.32 Å². The number of carbonyl (C=O) groups excluding carboxylic acids is 1. The Morgan fingerprint density at radius 3 is 2.70 bits per heavy atom. The van der Waals surface area contributed by atoms with Crippen LogP contribution in [-0.2, 0) is 21.4 Å². The van der Waals surface area contributed by atoms with Crippen molar-refractivity contribution in [1.82, 2.24) is 9.62 Å². The molecule has 27 heavy (non-hydrogen) atoms. The average Bonchev–Trinajstić information content (AvgIpc) is 3.00. The van der Waals surface area contributed by atoms with E-state index in [1.807, 2.05) is 0 Å². The largest absolute Gasteiger partial charge is 0.380 e. The van der Waals surface area contributed by atoms with E-state index in [-0.39, 0.29) is 24.2 Å². The monoisotopic (exact) mass is 414 g/mol. The number of nitrogens with one attached hydrogen (secondary N) is 1. The van der Waals surface area contributed by atoms with Crippen molar-refractivity contribution in [3.63, 3.8) is 0 Å². The quantitative estimate of drug-likeness (QED) is 0.788. The first-order valence-corrected chi connectivity index (χ1v) is 11.4. The molecule has 1 saturated heterocycles. The van der Waals surface area contributed by atoms with Gasteiger partial charge in [-0.05, 0) is 30.9 Å². The first-order chi connectivity index (χ1) is 12.8. The lowest BCUT2D eigenvalue weighted by molar-refractivity contribution is 0.0941. The molecule has 9 heteroatoms. The van der Waals surface area contributed by atoms with Gasteiger partial charge in [0.05, 0.1) is 17.7 Å². The second-order valence-electron chi connectivity index (χ2n) is 6.77. The van der Waals surface area contributed by atoms with Crippen LogP contribution in [0.3, 0.4) is 0 Å². The minimum Gasteiger partial charge on any atom is -0.380 e. The van der Waals surface area contributed by atoms with Crippen molar-refractivity contribution in [3.05, 3.63) is 34.5 Å². The summed E-state index contributed by atoms with van der Waals surface area (Å²) in [5, 5.41) is 3.37. The van der Waals surface area contributed by atoms with Crippen molar-refractivity contribution in [3.8, 4) is 0 Å². The molecule has 0 spiro atoms. The molecule has 3 rings (SSSR count). The van der Waals surface area contributed by atoms with Gasteiger partial charge < -0.3 is 10.1 Å². The normalized spacial score (nSPS) is 16.7. The Labute approximate surface area is 162 Å². The number of halogens is 1. The Bertz CT molecular complexity index is 934. The van der Waals surface area contributed by atoms with E-state index in [4.69, 9.17) is 4.74 Å². The van der Waals surface area contributed by atoms with Gasteiger partial charge in [0.15, 0.2) is 0 Å². The predicted molar refractivity (Wildman–Crippen MR) is 104 cm³/mol. The van der Waals surface area contributed by atoms with Crippen LogP contribution in [0, 0.1) is 11.7 Å². The van der Waals surface area contributed by atoms with Crippen LogP contribution in [0.5, 0.6) is 0 Å². The number of sulfonamides is 1. The van der Waals surface area contributed by atoms with E-state index in [1.54, 1.807) is 12.1 Å². The number of rotatable bonds is 6. The Kier molecular flexibility index (Phi) is 6.15. The van der Waals surface area contributed by atoms with Crippen LogP contribution in [0.1, 0.15) is 28.1 Å². The molecule has 0 bridgehead atoms. The maximum Gasteiger partial charge on any atom is 0.261 e. The lowest BCUT2D eigenvalue weighted by atomic mass is 9.98. The summed E-state index contributed by atoms with van der Waals surface area (Å²) < 4.78 is 44.7. The zero-order chi connectivity index (χ0) is 19.6. The molecule has 1 N–H and O–H groups in total. The first-order valence-electron chi connectivity index (χ1n) is 8.73. The maximum atomic E-state index is 14.2. The molecule has 2 heterocycles. The van der Waals surface area contributed by atoms with Crippen LogP contribution in [0.2, 0.25) is 0 Å². The number of hydrogen-bond donors (Lipinski definition) is 1. The topological polar surface area (TPSA) is 75.7 Å². The number of carbonyl (C=O) groups is 1. The molecule has 0 radical (unpaired) electrons. The lowest BCUT2D eigenvalue weighted by Gasteiger charge is -2.30. The van der Waals surface area contributed by atoms with E-state index in [0.717, 1.165) is 0 Å². The highest BCUT2D eigenvalue weighted by molar-refractivity contribution is 7.88. The standard InChI is InChI=1S/C18H23FN2O4S2/c1-25-11-13-16-14(19)4-3-5-15(16)26-17(13)18(22)20-10-12-6-8-21(9-7-12)27(2,23)24/h3-5,12H,6-11H2,1-2H3,(H,20,22). The van der Waals surface area contributed by atoms with Crippen molar-refractivity contribution in [2.24, 2.45) is 5.92 Å². The van der Waals surface area contributed by atoms with Gasteiger partial charge in [-0.3, -0.25) is 4.79 Å². The molecule has 1 aliphatic rings. The smallest absolute Gasteiger partial charge is 0.261 e. The van der Waals surface area contributed by atoms with E-state index in [9.17, 15) is 17.6 Å². The number of piperidine rings is 1. The first kappa shape index (κ1) is 20.2. The molecule has 1 aromatic heterocycles. The van der Waals surface area contributed by atoms with Gasteiger partial charge >= 0.3 is 0 Å². The van der Waals surface area contributed by atoms with Gasteiger partial charge in [-0.1, -0.05) is 6.07 Å². The third-order valence-corrected chi connectivity index (χ3v) is 7.35. The van der Waals surface area contributed by atoms with Crippen molar-refractivity contribution in [2.45, 2.75) is 19.4 Å². The number of methoxy groups -OCH3 is 1. The fourth-order valence-electron chi connectivity index (χ4n) is 3.40. The Morgan fingerprint density at radius 2 is 2.07 bits per heavy atom. The number of benzene rings is 1. The summed E-state index contributed by atoms with van der Waals surface area (Å²) in [6, 6.07) is 4.80. The number of amides is 1. The summed E-state index contributed by atoms with van der Waals surface area (Å²) >= 11 is 1.26.